The lowest BCUT2D eigenvalue weighted by Crippen LogP contribution is -2.01. The second-order valence-corrected chi connectivity index (χ2v) is 11.9. The van der Waals surface area contributed by atoms with Gasteiger partial charge in [0.15, 0.2) is 17.5 Å². The molecular formula is C44H29N5. The van der Waals surface area contributed by atoms with Gasteiger partial charge in [0.1, 0.15) is 5.69 Å². The van der Waals surface area contributed by atoms with Crippen LogP contribution in [-0.2, 0) is 0 Å². The van der Waals surface area contributed by atoms with Crippen LogP contribution in [0.2, 0.25) is 0 Å². The van der Waals surface area contributed by atoms with E-state index in [-0.39, 0.29) is 0 Å². The zero-order valence-electron chi connectivity index (χ0n) is 26.5. The minimum atomic E-state index is 0.617. The lowest BCUT2D eigenvalue weighted by molar-refractivity contribution is 0.917. The van der Waals surface area contributed by atoms with Crippen molar-refractivity contribution in [3.8, 4) is 62.2 Å². The van der Waals surface area contributed by atoms with E-state index in [4.69, 9.17) is 20.1 Å². The van der Waals surface area contributed by atoms with Crippen molar-refractivity contribution in [3.05, 3.63) is 176 Å². The number of hydrogen-bond donors (Lipinski definition) is 0. The van der Waals surface area contributed by atoms with Gasteiger partial charge in [-0.3, -0.25) is 0 Å². The summed E-state index contributed by atoms with van der Waals surface area (Å²) in [6, 6.07) is 60.4. The molecule has 0 unspecified atom stereocenters. The Hall–Kier alpha value is -6.72. The zero-order chi connectivity index (χ0) is 32.6. The van der Waals surface area contributed by atoms with Crippen LogP contribution in [0.5, 0.6) is 0 Å². The molecule has 5 nitrogen and oxygen atoms in total. The highest BCUT2D eigenvalue weighted by molar-refractivity contribution is 6.17. The Labute approximate surface area is 283 Å². The van der Waals surface area contributed by atoms with Crippen LogP contribution in [0.3, 0.4) is 0 Å². The standard InChI is InChI=1S/C44H29N5/c1-5-15-30(16-6-1)38-29-35-23-13-14-24-37(35)41-39(38)40(31-17-7-2-8-18-31)48-49(41)36-27-25-34(26-28-36)44-46-42(32-19-9-3-10-20-32)45-43(47-44)33-21-11-4-12-22-33/h1-29H. The van der Waals surface area contributed by atoms with Gasteiger partial charge in [-0.25, -0.2) is 19.6 Å². The van der Waals surface area contributed by atoms with Crippen LogP contribution in [0.15, 0.2) is 176 Å². The largest absolute Gasteiger partial charge is 0.232 e. The summed E-state index contributed by atoms with van der Waals surface area (Å²) in [5.74, 6) is 1.89. The van der Waals surface area contributed by atoms with Crippen molar-refractivity contribution < 1.29 is 0 Å². The molecule has 49 heavy (non-hydrogen) atoms. The maximum atomic E-state index is 5.35. The van der Waals surface area contributed by atoms with Crippen molar-refractivity contribution in [3.63, 3.8) is 0 Å². The highest BCUT2D eigenvalue weighted by Crippen LogP contribution is 2.41. The van der Waals surface area contributed by atoms with Crippen LogP contribution in [0.1, 0.15) is 0 Å². The summed E-state index contributed by atoms with van der Waals surface area (Å²) in [6.45, 7) is 0. The number of aromatic nitrogens is 5. The molecule has 0 bridgehead atoms. The van der Waals surface area contributed by atoms with E-state index in [1.54, 1.807) is 0 Å². The van der Waals surface area contributed by atoms with Gasteiger partial charge < -0.3 is 0 Å². The van der Waals surface area contributed by atoms with E-state index in [2.05, 4.69) is 114 Å². The number of hydrogen-bond acceptors (Lipinski definition) is 4. The Bertz CT molecular complexity index is 2500. The smallest absolute Gasteiger partial charge is 0.164 e. The Morgan fingerprint density at radius 1 is 0.388 bits per heavy atom. The first-order valence-corrected chi connectivity index (χ1v) is 16.3. The van der Waals surface area contributed by atoms with Crippen LogP contribution in [0, 0.1) is 0 Å². The van der Waals surface area contributed by atoms with Crippen molar-refractivity contribution in [1.29, 1.82) is 0 Å². The topological polar surface area (TPSA) is 56.5 Å². The highest BCUT2D eigenvalue weighted by Gasteiger charge is 2.21. The van der Waals surface area contributed by atoms with E-state index in [9.17, 15) is 0 Å². The summed E-state index contributed by atoms with van der Waals surface area (Å²) >= 11 is 0. The van der Waals surface area contributed by atoms with Gasteiger partial charge in [-0.15, -0.1) is 0 Å². The number of rotatable bonds is 6. The molecule has 9 rings (SSSR count). The molecule has 2 heterocycles. The molecule has 0 amide bonds. The second-order valence-electron chi connectivity index (χ2n) is 11.9. The zero-order valence-corrected chi connectivity index (χ0v) is 26.5. The maximum Gasteiger partial charge on any atom is 0.164 e. The molecule has 230 valence electrons. The fourth-order valence-electron chi connectivity index (χ4n) is 6.51. The van der Waals surface area contributed by atoms with Gasteiger partial charge in [-0.05, 0) is 46.8 Å². The molecule has 0 spiro atoms. The molecule has 0 aliphatic rings. The molecular weight excluding hydrogens is 599 g/mol. The molecule has 0 atom stereocenters. The van der Waals surface area contributed by atoms with Crippen molar-refractivity contribution >= 4 is 21.7 Å². The lowest BCUT2D eigenvalue weighted by Gasteiger charge is -2.11. The van der Waals surface area contributed by atoms with Gasteiger partial charge in [-0.1, -0.05) is 146 Å². The van der Waals surface area contributed by atoms with Crippen molar-refractivity contribution in [2.24, 2.45) is 0 Å². The molecule has 0 aliphatic heterocycles. The molecule has 0 fully saturated rings. The van der Waals surface area contributed by atoms with Crippen molar-refractivity contribution in [2.45, 2.75) is 0 Å². The van der Waals surface area contributed by atoms with Crippen molar-refractivity contribution in [1.82, 2.24) is 24.7 Å². The van der Waals surface area contributed by atoms with E-state index < -0.39 is 0 Å². The summed E-state index contributed by atoms with van der Waals surface area (Å²) in [5, 5.41) is 8.79. The Balaban J connectivity index is 1.24. The summed E-state index contributed by atoms with van der Waals surface area (Å²) in [5.41, 5.74) is 9.13. The minimum absolute atomic E-state index is 0.617. The third kappa shape index (κ3) is 5.24. The summed E-state index contributed by atoms with van der Waals surface area (Å²) in [7, 11) is 0. The average molecular weight is 628 g/mol. The fraction of sp³-hybridized carbons (Fsp3) is 0. The molecule has 0 saturated heterocycles. The van der Waals surface area contributed by atoms with E-state index >= 15 is 0 Å². The minimum Gasteiger partial charge on any atom is -0.232 e. The Kier molecular flexibility index (Phi) is 7.06. The lowest BCUT2D eigenvalue weighted by atomic mass is 9.94. The molecule has 5 heteroatoms. The summed E-state index contributed by atoms with van der Waals surface area (Å²) in [4.78, 5) is 14.7. The van der Waals surface area contributed by atoms with Crippen LogP contribution in [-0.4, -0.2) is 24.7 Å². The van der Waals surface area contributed by atoms with Crippen LogP contribution < -0.4 is 0 Å². The highest BCUT2D eigenvalue weighted by atomic mass is 15.3. The van der Waals surface area contributed by atoms with E-state index in [1.165, 1.54) is 5.39 Å². The molecule has 0 N–H and O–H groups in total. The van der Waals surface area contributed by atoms with Gasteiger partial charge in [0.05, 0.1) is 11.2 Å². The van der Waals surface area contributed by atoms with Crippen LogP contribution in [0.4, 0.5) is 0 Å². The number of nitrogens with zero attached hydrogens (tertiary/aromatic N) is 5. The first kappa shape index (κ1) is 28.5. The van der Waals surface area contributed by atoms with E-state index in [1.807, 2.05) is 66.7 Å². The fourth-order valence-corrected chi connectivity index (χ4v) is 6.51. The Morgan fingerprint density at radius 3 is 1.39 bits per heavy atom. The van der Waals surface area contributed by atoms with Crippen LogP contribution >= 0.6 is 0 Å². The van der Waals surface area contributed by atoms with Gasteiger partial charge in [0, 0.05) is 33.0 Å². The SMILES string of the molecule is c1ccc(-c2nc(-c3ccccc3)nc(-c3ccc(-n4nc(-c5ccccc5)c5c(-c6ccccc6)cc6ccccc6c54)cc3)n2)cc1. The third-order valence-electron chi connectivity index (χ3n) is 8.87. The number of fused-ring (bicyclic) bond motifs is 3. The van der Waals surface area contributed by atoms with Gasteiger partial charge >= 0.3 is 0 Å². The molecule has 0 saturated carbocycles. The van der Waals surface area contributed by atoms with Crippen molar-refractivity contribution in [2.75, 3.05) is 0 Å². The predicted molar refractivity (Wildman–Crippen MR) is 199 cm³/mol. The second kappa shape index (κ2) is 12.1. The predicted octanol–water partition coefficient (Wildman–Crippen LogP) is 10.7. The third-order valence-corrected chi connectivity index (χ3v) is 8.87. The quantitative estimate of drug-likeness (QED) is 0.184. The maximum absolute atomic E-state index is 5.35. The average Bonchev–Trinajstić information content (AvgIpc) is 3.60. The normalized spacial score (nSPS) is 11.3. The van der Waals surface area contributed by atoms with E-state index in [0.717, 1.165) is 61.1 Å². The van der Waals surface area contributed by atoms with Gasteiger partial charge in [0.25, 0.3) is 0 Å². The first-order chi connectivity index (χ1) is 24.3. The molecule has 0 radical (unpaired) electrons. The van der Waals surface area contributed by atoms with E-state index in [0.29, 0.717) is 17.5 Å². The molecule has 9 aromatic rings. The molecule has 0 aliphatic carbocycles. The molecule has 7 aromatic carbocycles. The van der Waals surface area contributed by atoms with Gasteiger partial charge in [-0.2, -0.15) is 5.10 Å². The summed E-state index contributed by atoms with van der Waals surface area (Å²) < 4.78 is 2.09. The molecule has 2 aromatic heterocycles. The first-order valence-electron chi connectivity index (χ1n) is 16.3. The number of benzene rings is 7. The monoisotopic (exact) mass is 627 g/mol. The Morgan fingerprint density at radius 2 is 0.837 bits per heavy atom. The van der Waals surface area contributed by atoms with Crippen LogP contribution in [0.25, 0.3) is 83.9 Å². The summed E-state index contributed by atoms with van der Waals surface area (Å²) in [6.07, 6.45) is 0. The van der Waals surface area contributed by atoms with Gasteiger partial charge in [0.2, 0.25) is 0 Å².